The molecule has 9 heteroatoms. The Bertz CT molecular complexity index is 904. The third-order valence-corrected chi connectivity index (χ3v) is 5.67. The Labute approximate surface area is 166 Å². The van der Waals surface area contributed by atoms with Crippen molar-refractivity contribution in [2.45, 2.75) is 57.0 Å². The van der Waals surface area contributed by atoms with Crippen molar-refractivity contribution < 1.29 is 23.4 Å². The van der Waals surface area contributed by atoms with E-state index < -0.39 is 23.6 Å². The molecule has 1 saturated carbocycles. The minimum absolute atomic E-state index is 0.102. The second-order valence-corrected chi connectivity index (χ2v) is 7.61. The maximum Gasteiger partial charge on any atom is 0.416 e. The molecular weight excluding hydrogens is 385 g/mol. The molecule has 4 N–H and O–H groups in total. The molecule has 2 aliphatic rings. The SMILES string of the molecule is Oc1cc(C(F)(F)F)ccc1-c1nnc(N[C@@H]2CCCC[C@H]2O)c2c1CCNC2. The fourth-order valence-electron chi connectivity index (χ4n) is 4.09. The molecule has 1 aromatic carbocycles. The summed E-state index contributed by atoms with van der Waals surface area (Å²) in [6, 6.07) is 2.79. The number of halogens is 3. The van der Waals surface area contributed by atoms with Gasteiger partial charge in [0.2, 0.25) is 0 Å². The number of aromatic hydroxyl groups is 1. The summed E-state index contributed by atoms with van der Waals surface area (Å²) in [5.74, 6) is 0.103. The zero-order valence-corrected chi connectivity index (χ0v) is 15.8. The summed E-state index contributed by atoms with van der Waals surface area (Å²) >= 11 is 0. The van der Waals surface area contributed by atoms with Gasteiger partial charge in [0.05, 0.1) is 17.7 Å². The van der Waals surface area contributed by atoms with Gasteiger partial charge in [-0.3, -0.25) is 0 Å². The molecule has 1 aliphatic carbocycles. The topological polar surface area (TPSA) is 90.3 Å². The summed E-state index contributed by atoms with van der Waals surface area (Å²) in [5, 5.41) is 35.6. The lowest BCUT2D eigenvalue weighted by Gasteiger charge is -2.30. The molecule has 0 spiro atoms. The van der Waals surface area contributed by atoms with E-state index in [2.05, 4.69) is 20.8 Å². The molecule has 0 bridgehead atoms. The van der Waals surface area contributed by atoms with Gasteiger partial charge in [0.25, 0.3) is 0 Å². The molecule has 29 heavy (non-hydrogen) atoms. The van der Waals surface area contributed by atoms with Crippen LogP contribution < -0.4 is 10.6 Å². The van der Waals surface area contributed by atoms with E-state index in [1.165, 1.54) is 6.07 Å². The summed E-state index contributed by atoms with van der Waals surface area (Å²) < 4.78 is 38.7. The molecule has 4 rings (SSSR count). The number of nitrogens with zero attached hydrogens (tertiary/aromatic N) is 2. The van der Waals surface area contributed by atoms with Crippen LogP contribution >= 0.6 is 0 Å². The Balaban J connectivity index is 1.71. The minimum Gasteiger partial charge on any atom is -0.507 e. The molecule has 156 valence electrons. The van der Waals surface area contributed by atoms with Crippen LogP contribution in [-0.2, 0) is 19.1 Å². The first-order chi connectivity index (χ1) is 13.8. The largest absolute Gasteiger partial charge is 0.507 e. The molecule has 2 heterocycles. The zero-order chi connectivity index (χ0) is 20.6. The number of fused-ring (bicyclic) bond motifs is 1. The lowest BCUT2D eigenvalue weighted by molar-refractivity contribution is -0.137. The van der Waals surface area contributed by atoms with Gasteiger partial charge in [-0.15, -0.1) is 10.2 Å². The number of rotatable bonds is 3. The number of alkyl halides is 3. The number of phenolic OH excluding ortho intramolecular Hbond substituents is 1. The van der Waals surface area contributed by atoms with Gasteiger partial charge in [0.1, 0.15) is 11.4 Å². The maximum absolute atomic E-state index is 12.9. The summed E-state index contributed by atoms with van der Waals surface area (Å²) in [6.07, 6.45) is -0.759. The lowest BCUT2D eigenvalue weighted by Crippen LogP contribution is -2.37. The smallest absolute Gasteiger partial charge is 0.416 e. The predicted molar refractivity (Wildman–Crippen MR) is 101 cm³/mol. The molecular formula is C20H23F3N4O2. The van der Waals surface area contributed by atoms with E-state index in [0.29, 0.717) is 31.0 Å². The molecule has 0 radical (unpaired) electrons. The Morgan fingerprint density at radius 1 is 1.10 bits per heavy atom. The average Bonchev–Trinajstić information content (AvgIpc) is 2.69. The van der Waals surface area contributed by atoms with Crippen molar-refractivity contribution in [3.63, 3.8) is 0 Å². The van der Waals surface area contributed by atoms with Crippen LogP contribution in [0.2, 0.25) is 0 Å². The van der Waals surface area contributed by atoms with Crippen molar-refractivity contribution in [1.29, 1.82) is 0 Å². The van der Waals surface area contributed by atoms with Gasteiger partial charge in [-0.25, -0.2) is 0 Å². The van der Waals surface area contributed by atoms with Crippen LogP contribution in [0.15, 0.2) is 18.2 Å². The first-order valence-corrected chi connectivity index (χ1v) is 9.79. The van der Waals surface area contributed by atoms with Gasteiger partial charge >= 0.3 is 6.18 Å². The van der Waals surface area contributed by atoms with Crippen molar-refractivity contribution in [2.75, 3.05) is 11.9 Å². The zero-order valence-electron chi connectivity index (χ0n) is 15.8. The second-order valence-electron chi connectivity index (χ2n) is 7.61. The van der Waals surface area contributed by atoms with E-state index in [1.807, 2.05) is 0 Å². The number of hydrogen-bond donors (Lipinski definition) is 4. The summed E-state index contributed by atoms with van der Waals surface area (Å²) in [6.45, 7) is 1.23. The minimum atomic E-state index is -4.53. The number of nitrogens with one attached hydrogen (secondary N) is 2. The lowest BCUT2D eigenvalue weighted by atomic mass is 9.91. The van der Waals surface area contributed by atoms with Gasteiger partial charge in [0.15, 0.2) is 5.82 Å². The van der Waals surface area contributed by atoms with Crippen molar-refractivity contribution in [1.82, 2.24) is 15.5 Å². The van der Waals surface area contributed by atoms with Crippen molar-refractivity contribution in [2.24, 2.45) is 0 Å². The van der Waals surface area contributed by atoms with Crippen LogP contribution in [0.5, 0.6) is 5.75 Å². The van der Waals surface area contributed by atoms with Crippen LogP contribution in [0, 0.1) is 0 Å². The van der Waals surface area contributed by atoms with Crippen LogP contribution in [0.3, 0.4) is 0 Å². The van der Waals surface area contributed by atoms with E-state index in [0.717, 1.165) is 48.9 Å². The van der Waals surface area contributed by atoms with Gasteiger partial charge in [0, 0.05) is 17.7 Å². The number of phenols is 1. The highest BCUT2D eigenvalue weighted by Crippen LogP contribution is 2.38. The second kappa shape index (κ2) is 7.79. The van der Waals surface area contributed by atoms with E-state index in [-0.39, 0.29) is 11.6 Å². The third kappa shape index (κ3) is 4.02. The molecule has 1 aliphatic heterocycles. The molecule has 1 fully saturated rings. The third-order valence-electron chi connectivity index (χ3n) is 5.67. The van der Waals surface area contributed by atoms with Crippen molar-refractivity contribution >= 4 is 5.82 Å². The molecule has 1 aromatic heterocycles. The fraction of sp³-hybridized carbons (Fsp3) is 0.500. The monoisotopic (exact) mass is 408 g/mol. The Hall–Kier alpha value is -2.39. The molecule has 2 aromatic rings. The fourth-order valence-corrected chi connectivity index (χ4v) is 4.09. The highest BCUT2D eigenvalue weighted by molar-refractivity contribution is 5.73. The van der Waals surface area contributed by atoms with Crippen molar-refractivity contribution in [3.05, 3.63) is 34.9 Å². The molecule has 0 unspecified atom stereocenters. The highest BCUT2D eigenvalue weighted by Gasteiger charge is 2.32. The van der Waals surface area contributed by atoms with Crippen LogP contribution in [0.1, 0.15) is 42.4 Å². The van der Waals surface area contributed by atoms with E-state index >= 15 is 0 Å². The van der Waals surface area contributed by atoms with E-state index in [1.54, 1.807) is 0 Å². The van der Waals surface area contributed by atoms with Crippen LogP contribution in [0.4, 0.5) is 19.0 Å². The van der Waals surface area contributed by atoms with Crippen LogP contribution in [0.25, 0.3) is 11.3 Å². The standard InChI is InChI=1S/C20H23F3N4O2/c21-20(22,23)11-5-6-13(17(29)9-11)18-12-7-8-24-10-14(12)19(27-26-18)25-15-3-1-2-4-16(15)28/h5-6,9,15-16,24,28-29H,1-4,7-8,10H2,(H,25,27)/t15-,16-/m1/s1. The number of aliphatic hydroxyl groups excluding tert-OH is 1. The molecule has 6 nitrogen and oxygen atoms in total. The number of hydrogen-bond acceptors (Lipinski definition) is 6. The number of aliphatic hydroxyl groups is 1. The first kappa shape index (κ1) is 19.9. The number of aromatic nitrogens is 2. The summed E-state index contributed by atoms with van der Waals surface area (Å²) in [5.41, 5.74) is 1.43. The molecule has 2 atom stereocenters. The van der Waals surface area contributed by atoms with Crippen LogP contribution in [-0.4, -0.2) is 39.1 Å². The average molecular weight is 408 g/mol. The summed E-state index contributed by atoms with van der Waals surface area (Å²) in [7, 11) is 0. The number of benzene rings is 1. The quantitative estimate of drug-likeness (QED) is 0.624. The first-order valence-electron chi connectivity index (χ1n) is 9.79. The van der Waals surface area contributed by atoms with E-state index in [9.17, 15) is 23.4 Å². The molecule has 0 saturated heterocycles. The Morgan fingerprint density at radius 3 is 2.62 bits per heavy atom. The highest BCUT2D eigenvalue weighted by atomic mass is 19.4. The van der Waals surface area contributed by atoms with Gasteiger partial charge < -0.3 is 20.8 Å². The van der Waals surface area contributed by atoms with Crippen molar-refractivity contribution in [3.8, 4) is 17.0 Å². The maximum atomic E-state index is 12.9. The summed E-state index contributed by atoms with van der Waals surface area (Å²) in [4.78, 5) is 0. The Kier molecular flexibility index (Phi) is 5.35. The number of anilines is 1. The van der Waals surface area contributed by atoms with Gasteiger partial charge in [-0.2, -0.15) is 13.2 Å². The molecule has 0 amide bonds. The van der Waals surface area contributed by atoms with Gasteiger partial charge in [-0.1, -0.05) is 12.8 Å². The Morgan fingerprint density at radius 2 is 1.90 bits per heavy atom. The van der Waals surface area contributed by atoms with E-state index in [4.69, 9.17) is 0 Å². The normalized spacial score (nSPS) is 22.2. The predicted octanol–water partition coefficient (Wildman–Crippen LogP) is 3.23. The van der Waals surface area contributed by atoms with Gasteiger partial charge in [-0.05, 0) is 49.6 Å².